The molecule has 3 rings (SSSR count). The van der Waals surface area contributed by atoms with Crippen LogP contribution in [0.1, 0.15) is 11.1 Å². The Morgan fingerprint density at radius 1 is 1.09 bits per heavy atom. The van der Waals surface area contributed by atoms with E-state index < -0.39 is 0 Å². The second kappa shape index (κ2) is 6.26. The summed E-state index contributed by atoms with van der Waals surface area (Å²) in [6.07, 6.45) is 1.31. The zero-order valence-corrected chi connectivity index (χ0v) is 13.3. The zero-order chi connectivity index (χ0) is 16.4. The SMILES string of the molecule is Cc1ccc(NC2=CC(=O)N(Cc3ccccc3)C2=O)c(Cl)c1. The molecule has 5 heteroatoms. The number of hydrogen-bond donors (Lipinski definition) is 1. The number of carbonyl (C=O) groups excluding carboxylic acids is 2. The van der Waals surface area contributed by atoms with Crippen LogP contribution in [0.5, 0.6) is 0 Å². The summed E-state index contributed by atoms with van der Waals surface area (Å²) in [4.78, 5) is 25.7. The summed E-state index contributed by atoms with van der Waals surface area (Å²) in [5, 5.41) is 3.46. The zero-order valence-electron chi connectivity index (χ0n) is 12.5. The van der Waals surface area contributed by atoms with E-state index in [0.29, 0.717) is 10.7 Å². The van der Waals surface area contributed by atoms with Gasteiger partial charge in [0, 0.05) is 6.08 Å². The van der Waals surface area contributed by atoms with Crippen molar-refractivity contribution in [3.05, 3.63) is 76.5 Å². The van der Waals surface area contributed by atoms with Crippen molar-refractivity contribution in [1.82, 2.24) is 4.90 Å². The number of nitrogens with one attached hydrogen (secondary N) is 1. The minimum Gasteiger partial charge on any atom is -0.350 e. The van der Waals surface area contributed by atoms with Gasteiger partial charge in [0.25, 0.3) is 11.8 Å². The largest absolute Gasteiger partial charge is 0.350 e. The summed E-state index contributed by atoms with van der Waals surface area (Å²) in [7, 11) is 0. The summed E-state index contributed by atoms with van der Waals surface area (Å²) in [5.41, 5.74) is 2.76. The van der Waals surface area contributed by atoms with Crippen molar-refractivity contribution in [2.45, 2.75) is 13.5 Å². The molecule has 2 aromatic rings. The molecule has 0 aromatic heterocycles. The summed E-state index contributed by atoms with van der Waals surface area (Å²) < 4.78 is 0. The molecule has 1 N–H and O–H groups in total. The van der Waals surface area contributed by atoms with Crippen molar-refractivity contribution >= 4 is 29.1 Å². The van der Waals surface area contributed by atoms with E-state index in [1.807, 2.05) is 43.3 Å². The lowest BCUT2D eigenvalue weighted by atomic mass is 10.2. The fourth-order valence-electron chi connectivity index (χ4n) is 2.38. The van der Waals surface area contributed by atoms with Crippen LogP contribution >= 0.6 is 11.6 Å². The van der Waals surface area contributed by atoms with Crippen molar-refractivity contribution in [1.29, 1.82) is 0 Å². The van der Waals surface area contributed by atoms with Crippen molar-refractivity contribution in [2.75, 3.05) is 5.32 Å². The molecule has 0 unspecified atom stereocenters. The smallest absolute Gasteiger partial charge is 0.277 e. The maximum atomic E-state index is 12.4. The van der Waals surface area contributed by atoms with Crippen LogP contribution in [0.2, 0.25) is 5.02 Å². The van der Waals surface area contributed by atoms with Crippen LogP contribution in [0, 0.1) is 6.92 Å². The molecule has 1 heterocycles. The van der Waals surface area contributed by atoms with Gasteiger partial charge in [-0.3, -0.25) is 14.5 Å². The Morgan fingerprint density at radius 3 is 2.52 bits per heavy atom. The number of halogens is 1. The molecule has 4 nitrogen and oxygen atoms in total. The number of anilines is 1. The third-order valence-corrected chi connectivity index (χ3v) is 3.90. The standard InChI is InChI=1S/C18H15ClN2O2/c1-12-7-8-15(14(19)9-12)20-16-10-17(22)21(18(16)23)11-13-5-3-2-4-6-13/h2-10,20H,11H2,1H3. The van der Waals surface area contributed by atoms with E-state index in [4.69, 9.17) is 11.6 Å². The normalized spacial score (nSPS) is 14.2. The fourth-order valence-corrected chi connectivity index (χ4v) is 2.66. The van der Waals surface area contributed by atoms with E-state index in [1.165, 1.54) is 11.0 Å². The number of nitrogens with zero attached hydrogens (tertiary/aromatic N) is 1. The Morgan fingerprint density at radius 2 is 1.83 bits per heavy atom. The number of aryl methyl sites for hydroxylation is 1. The Kier molecular flexibility index (Phi) is 4.17. The molecule has 0 saturated heterocycles. The second-order valence-electron chi connectivity index (χ2n) is 5.38. The molecule has 0 spiro atoms. The molecule has 0 radical (unpaired) electrons. The molecule has 1 aliphatic rings. The first-order valence-corrected chi connectivity index (χ1v) is 7.57. The topological polar surface area (TPSA) is 49.4 Å². The molecule has 0 atom stereocenters. The third kappa shape index (κ3) is 3.27. The summed E-state index contributed by atoms with van der Waals surface area (Å²) in [6.45, 7) is 2.18. The third-order valence-electron chi connectivity index (χ3n) is 3.59. The number of hydrogen-bond acceptors (Lipinski definition) is 3. The first-order chi connectivity index (χ1) is 11.0. The molecule has 2 amide bonds. The van der Waals surface area contributed by atoms with E-state index in [2.05, 4.69) is 5.32 Å². The van der Waals surface area contributed by atoms with Crippen LogP contribution in [0.25, 0.3) is 0 Å². The van der Waals surface area contributed by atoms with E-state index >= 15 is 0 Å². The number of benzene rings is 2. The first-order valence-electron chi connectivity index (χ1n) is 7.19. The van der Waals surface area contributed by atoms with Crippen LogP contribution in [0.4, 0.5) is 5.69 Å². The maximum absolute atomic E-state index is 12.4. The highest BCUT2D eigenvalue weighted by atomic mass is 35.5. The van der Waals surface area contributed by atoms with Crippen LogP contribution < -0.4 is 5.32 Å². The van der Waals surface area contributed by atoms with Crippen molar-refractivity contribution in [3.8, 4) is 0 Å². The highest BCUT2D eigenvalue weighted by Gasteiger charge is 2.31. The van der Waals surface area contributed by atoms with Crippen LogP contribution in [0.15, 0.2) is 60.3 Å². The lowest BCUT2D eigenvalue weighted by Crippen LogP contribution is -2.31. The summed E-state index contributed by atoms with van der Waals surface area (Å²) in [5.74, 6) is -0.680. The van der Waals surface area contributed by atoms with Gasteiger partial charge in [0.2, 0.25) is 0 Å². The Hall–Kier alpha value is -2.59. The molecule has 0 saturated carbocycles. The summed E-state index contributed by atoms with van der Waals surface area (Å²) in [6, 6.07) is 14.9. The molecule has 0 aliphatic carbocycles. The van der Waals surface area contributed by atoms with Crippen LogP contribution in [-0.2, 0) is 16.1 Å². The first kappa shape index (κ1) is 15.3. The maximum Gasteiger partial charge on any atom is 0.277 e. The number of amides is 2. The van der Waals surface area contributed by atoms with Crippen molar-refractivity contribution in [2.24, 2.45) is 0 Å². The molecule has 0 bridgehead atoms. The minimum absolute atomic E-state index is 0.233. The molecule has 23 heavy (non-hydrogen) atoms. The Bertz CT molecular complexity index is 800. The van der Waals surface area contributed by atoms with Crippen molar-refractivity contribution < 1.29 is 9.59 Å². The fraction of sp³-hybridized carbons (Fsp3) is 0.111. The van der Waals surface area contributed by atoms with Gasteiger partial charge in [0.15, 0.2) is 0 Å². The average molecular weight is 327 g/mol. The number of imide groups is 1. The van der Waals surface area contributed by atoms with Gasteiger partial charge in [-0.05, 0) is 30.2 Å². The molecule has 116 valence electrons. The molecule has 1 aliphatic heterocycles. The molecular formula is C18H15ClN2O2. The van der Waals surface area contributed by atoms with E-state index in [-0.39, 0.29) is 24.1 Å². The van der Waals surface area contributed by atoms with Crippen LogP contribution in [0.3, 0.4) is 0 Å². The Balaban J connectivity index is 1.76. The highest BCUT2D eigenvalue weighted by molar-refractivity contribution is 6.33. The Labute approximate surface area is 139 Å². The molecule has 0 fully saturated rings. The van der Waals surface area contributed by atoms with Gasteiger partial charge in [-0.2, -0.15) is 0 Å². The number of carbonyl (C=O) groups is 2. The quantitative estimate of drug-likeness (QED) is 0.875. The minimum atomic E-state index is -0.351. The second-order valence-corrected chi connectivity index (χ2v) is 5.79. The van der Waals surface area contributed by atoms with E-state index in [1.54, 1.807) is 12.1 Å². The van der Waals surface area contributed by atoms with Gasteiger partial charge in [0.05, 0.1) is 17.3 Å². The van der Waals surface area contributed by atoms with E-state index in [0.717, 1.165) is 11.1 Å². The highest BCUT2D eigenvalue weighted by Crippen LogP contribution is 2.26. The molecule has 2 aromatic carbocycles. The lowest BCUT2D eigenvalue weighted by molar-refractivity contribution is -0.137. The van der Waals surface area contributed by atoms with Crippen molar-refractivity contribution in [3.63, 3.8) is 0 Å². The van der Waals surface area contributed by atoms with Gasteiger partial charge in [-0.25, -0.2) is 0 Å². The monoisotopic (exact) mass is 326 g/mol. The van der Waals surface area contributed by atoms with Gasteiger partial charge < -0.3 is 5.32 Å². The summed E-state index contributed by atoms with van der Waals surface area (Å²) >= 11 is 6.16. The van der Waals surface area contributed by atoms with Gasteiger partial charge >= 0.3 is 0 Å². The predicted molar refractivity (Wildman–Crippen MR) is 89.9 cm³/mol. The number of rotatable bonds is 4. The van der Waals surface area contributed by atoms with Gasteiger partial charge in [0.1, 0.15) is 5.70 Å². The van der Waals surface area contributed by atoms with Crippen LogP contribution in [-0.4, -0.2) is 16.7 Å². The van der Waals surface area contributed by atoms with E-state index in [9.17, 15) is 9.59 Å². The average Bonchev–Trinajstić information content (AvgIpc) is 2.79. The van der Waals surface area contributed by atoms with Gasteiger partial charge in [-0.1, -0.05) is 48.0 Å². The predicted octanol–water partition coefficient (Wildman–Crippen LogP) is 3.51. The van der Waals surface area contributed by atoms with Gasteiger partial charge in [-0.15, -0.1) is 0 Å². The molecular weight excluding hydrogens is 312 g/mol. The lowest BCUT2D eigenvalue weighted by Gasteiger charge is -2.15.